The van der Waals surface area contributed by atoms with Crippen molar-refractivity contribution in [2.24, 2.45) is 17.6 Å². The van der Waals surface area contributed by atoms with E-state index in [9.17, 15) is 0 Å². The number of methoxy groups -OCH3 is 1. The summed E-state index contributed by atoms with van der Waals surface area (Å²) in [5, 5.41) is 9.73. The number of fused-ring (bicyclic) bond motifs is 1. The Hall–Kier alpha value is -0.200. The Morgan fingerprint density at radius 3 is 2.91 bits per heavy atom. The van der Waals surface area contributed by atoms with Crippen molar-refractivity contribution >= 4 is 0 Å². The first kappa shape index (κ1) is 16.7. The van der Waals surface area contributed by atoms with Gasteiger partial charge in [-0.05, 0) is 44.4 Å². The van der Waals surface area contributed by atoms with Crippen molar-refractivity contribution in [1.82, 2.24) is 10.6 Å². The van der Waals surface area contributed by atoms with Gasteiger partial charge in [-0.1, -0.05) is 19.3 Å². The number of quaternary nitrogens is 1. The minimum atomic E-state index is 0.167. The summed E-state index contributed by atoms with van der Waals surface area (Å²) in [4.78, 5) is 0. The third-order valence-electron chi connectivity index (χ3n) is 6.13. The van der Waals surface area contributed by atoms with Crippen LogP contribution >= 0.6 is 0 Å². The van der Waals surface area contributed by atoms with E-state index in [2.05, 4.69) is 16.0 Å². The molecule has 0 aromatic carbocycles. The van der Waals surface area contributed by atoms with E-state index in [0.717, 1.165) is 18.5 Å². The number of rotatable bonds is 5. The lowest BCUT2D eigenvalue weighted by atomic mass is 9.81. The highest BCUT2D eigenvalue weighted by atomic mass is 16.5. The normalized spacial score (nSPS) is 42.8. The van der Waals surface area contributed by atoms with Crippen LogP contribution in [0.15, 0.2) is 0 Å². The fourth-order valence-corrected chi connectivity index (χ4v) is 4.79. The molecule has 0 aromatic heterocycles. The molecule has 0 spiro atoms. The molecule has 22 heavy (non-hydrogen) atoms. The third-order valence-corrected chi connectivity index (χ3v) is 6.13. The summed E-state index contributed by atoms with van der Waals surface area (Å²) in [5.41, 5.74) is 6.34. The van der Waals surface area contributed by atoms with Crippen LogP contribution in [0.4, 0.5) is 0 Å². The monoisotopic (exact) mass is 311 g/mol. The molecule has 5 heteroatoms. The minimum absolute atomic E-state index is 0.167. The quantitative estimate of drug-likeness (QED) is 0.595. The Labute approximate surface area is 135 Å². The van der Waals surface area contributed by atoms with Crippen molar-refractivity contribution in [1.29, 1.82) is 0 Å². The zero-order valence-electron chi connectivity index (χ0n) is 14.1. The van der Waals surface area contributed by atoms with Crippen molar-refractivity contribution in [3.8, 4) is 0 Å². The maximum absolute atomic E-state index is 6.34. The molecule has 3 rings (SSSR count). The molecule has 2 aliphatic carbocycles. The average molecular weight is 311 g/mol. The second-order valence-electron chi connectivity index (χ2n) is 7.61. The molecule has 0 bridgehead atoms. The molecule has 0 aromatic rings. The van der Waals surface area contributed by atoms with E-state index in [4.69, 9.17) is 10.5 Å². The van der Waals surface area contributed by atoms with Gasteiger partial charge in [-0.15, -0.1) is 0 Å². The van der Waals surface area contributed by atoms with E-state index in [1.807, 2.05) is 7.11 Å². The molecule has 0 amide bonds. The van der Waals surface area contributed by atoms with Gasteiger partial charge in [-0.25, -0.2) is 5.32 Å². The molecule has 6 unspecified atom stereocenters. The predicted molar refractivity (Wildman–Crippen MR) is 87.9 cm³/mol. The standard InChI is InChI=1S/C17H34N4O/c1-22-13-6-4-5-12(11-13)9-10-19-17-20-15-8-3-2-7-14(15)16(18)21-17/h12-17,19-21H,2-11,18H2,1H3/p+1. The van der Waals surface area contributed by atoms with Crippen LogP contribution in [0.1, 0.15) is 57.8 Å². The first-order chi connectivity index (χ1) is 10.8. The molecule has 1 heterocycles. The van der Waals surface area contributed by atoms with Crippen LogP contribution < -0.4 is 21.7 Å². The summed E-state index contributed by atoms with van der Waals surface area (Å²) in [6, 6.07) is 0.718. The highest BCUT2D eigenvalue weighted by molar-refractivity contribution is 4.84. The molecule has 3 fully saturated rings. The lowest BCUT2D eigenvalue weighted by Crippen LogP contribution is -3.06. The first-order valence-corrected chi connectivity index (χ1v) is 9.39. The van der Waals surface area contributed by atoms with Crippen LogP contribution in [0, 0.1) is 11.8 Å². The van der Waals surface area contributed by atoms with Crippen molar-refractivity contribution in [2.45, 2.75) is 82.4 Å². The van der Waals surface area contributed by atoms with E-state index in [0.29, 0.717) is 18.3 Å². The van der Waals surface area contributed by atoms with Gasteiger partial charge in [-0.2, -0.15) is 0 Å². The Morgan fingerprint density at radius 2 is 2.05 bits per heavy atom. The molecule has 1 aliphatic heterocycles. The minimum Gasteiger partial charge on any atom is -0.381 e. The van der Waals surface area contributed by atoms with Crippen molar-refractivity contribution in [3.05, 3.63) is 0 Å². The Balaban J connectivity index is 1.38. The zero-order chi connectivity index (χ0) is 15.4. The summed E-state index contributed by atoms with van der Waals surface area (Å²) in [7, 11) is 1.86. The van der Waals surface area contributed by atoms with E-state index in [-0.39, 0.29) is 6.17 Å². The van der Waals surface area contributed by atoms with Gasteiger partial charge in [0.2, 0.25) is 0 Å². The Morgan fingerprint density at radius 1 is 1.18 bits per heavy atom. The van der Waals surface area contributed by atoms with E-state index >= 15 is 0 Å². The average Bonchev–Trinajstić information content (AvgIpc) is 2.55. The molecule has 6 N–H and O–H groups in total. The molecular formula is C17H35N4O+. The fraction of sp³-hybridized carbons (Fsp3) is 1.00. The van der Waals surface area contributed by atoms with Crippen molar-refractivity contribution < 1.29 is 10.1 Å². The summed E-state index contributed by atoms with van der Waals surface area (Å²) < 4.78 is 5.54. The lowest BCUT2D eigenvalue weighted by Gasteiger charge is -2.42. The number of hydrogen-bond acceptors (Lipinski definition) is 4. The van der Waals surface area contributed by atoms with Gasteiger partial charge in [0.15, 0.2) is 6.29 Å². The van der Waals surface area contributed by atoms with Gasteiger partial charge in [0.1, 0.15) is 0 Å². The van der Waals surface area contributed by atoms with Crippen molar-refractivity contribution in [2.75, 3.05) is 13.7 Å². The number of hydrogen-bond donors (Lipinski definition) is 4. The Bertz CT molecular complexity index is 341. The SMILES string of the molecule is COC1CCCC(CCNC2NC(N)C3CCCCC3[NH2+]2)C1. The zero-order valence-corrected chi connectivity index (χ0v) is 14.1. The summed E-state index contributed by atoms with van der Waals surface area (Å²) in [6.07, 6.45) is 12.8. The molecule has 3 aliphatic rings. The number of ether oxygens (including phenoxy) is 1. The van der Waals surface area contributed by atoms with Crippen LogP contribution in [0.25, 0.3) is 0 Å². The topological polar surface area (TPSA) is 75.9 Å². The van der Waals surface area contributed by atoms with Crippen LogP contribution in [0.2, 0.25) is 0 Å². The van der Waals surface area contributed by atoms with Gasteiger partial charge in [-0.3, -0.25) is 5.32 Å². The van der Waals surface area contributed by atoms with Crippen molar-refractivity contribution in [3.63, 3.8) is 0 Å². The van der Waals surface area contributed by atoms with Crippen LogP contribution in [0.3, 0.4) is 0 Å². The van der Waals surface area contributed by atoms with Crippen LogP contribution in [0.5, 0.6) is 0 Å². The summed E-state index contributed by atoms with van der Waals surface area (Å²) in [6.45, 7) is 1.08. The van der Waals surface area contributed by atoms with Gasteiger partial charge < -0.3 is 15.8 Å². The maximum Gasteiger partial charge on any atom is 0.198 e. The first-order valence-electron chi connectivity index (χ1n) is 9.39. The number of nitrogens with one attached hydrogen (secondary N) is 2. The molecule has 1 saturated heterocycles. The molecular weight excluding hydrogens is 276 g/mol. The third kappa shape index (κ3) is 4.20. The summed E-state index contributed by atoms with van der Waals surface area (Å²) >= 11 is 0. The second-order valence-corrected chi connectivity index (χ2v) is 7.61. The highest BCUT2D eigenvalue weighted by Crippen LogP contribution is 2.28. The second kappa shape index (κ2) is 8.06. The highest BCUT2D eigenvalue weighted by Gasteiger charge is 2.39. The molecule has 128 valence electrons. The fourth-order valence-electron chi connectivity index (χ4n) is 4.79. The predicted octanol–water partition coefficient (Wildman–Crippen LogP) is 0.465. The van der Waals surface area contributed by atoms with Crippen LogP contribution in [-0.4, -0.2) is 38.3 Å². The molecule has 0 radical (unpaired) electrons. The lowest BCUT2D eigenvalue weighted by molar-refractivity contribution is -0.749. The van der Waals surface area contributed by atoms with Gasteiger partial charge in [0.05, 0.1) is 18.3 Å². The Kier molecular flexibility index (Phi) is 6.10. The molecule has 5 nitrogen and oxygen atoms in total. The maximum atomic E-state index is 6.34. The van der Waals surface area contributed by atoms with Gasteiger partial charge in [0.25, 0.3) is 0 Å². The van der Waals surface area contributed by atoms with E-state index in [1.54, 1.807) is 0 Å². The molecule has 6 atom stereocenters. The van der Waals surface area contributed by atoms with Gasteiger partial charge >= 0.3 is 0 Å². The van der Waals surface area contributed by atoms with Gasteiger partial charge in [0, 0.05) is 19.6 Å². The number of nitrogens with two attached hydrogens (primary N) is 2. The van der Waals surface area contributed by atoms with Crippen LogP contribution in [-0.2, 0) is 4.74 Å². The van der Waals surface area contributed by atoms with E-state index < -0.39 is 0 Å². The van der Waals surface area contributed by atoms with E-state index in [1.165, 1.54) is 57.8 Å². The smallest absolute Gasteiger partial charge is 0.198 e. The summed E-state index contributed by atoms with van der Waals surface area (Å²) in [5.74, 6) is 1.48. The largest absolute Gasteiger partial charge is 0.381 e. The molecule has 2 saturated carbocycles.